The Balaban J connectivity index is 1.80. The van der Waals surface area contributed by atoms with E-state index >= 15 is 0 Å². The Kier molecular flexibility index (Phi) is 2.89. The van der Waals surface area contributed by atoms with Crippen LogP contribution in [0.4, 0.5) is 0 Å². The Morgan fingerprint density at radius 1 is 1.38 bits per heavy atom. The van der Waals surface area contributed by atoms with E-state index in [4.69, 9.17) is 0 Å². The lowest BCUT2D eigenvalue weighted by Crippen LogP contribution is -2.35. The van der Waals surface area contributed by atoms with E-state index in [2.05, 4.69) is 24.1 Å². The topological polar surface area (TPSA) is 15.3 Å². The summed E-state index contributed by atoms with van der Waals surface area (Å²) >= 11 is 0. The summed E-state index contributed by atoms with van der Waals surface area (Å²) in [4.78, 5) is 2.70. The van der Waals surface area contributed by atoms with Crippen molar-refractivity contribution in [2.24, 2.45) is 11.8 Å². The highest BCUT2D eigenvalue weighted by Gasteiger charge is 2.36. The van der Waals surface area contributed by atoms with E-state index in [0.29, 0.717) is 0 Å². The summed E-state index contributed by atoms with van der Waals surface area (Å²) in [6.07, 6.45) is 2.79. The Bertz CT molecular complexity index is 167. The molecule has 0 aromatic carbocycles. The normalized spacial score (nSPS) is 34.4. The molecule has 2 nitrogen and oxygen atoms in total. The Hall–Kier alpha value is -0.0800. The number of nitrogens with one attached hydrogen (secondary N) is 1. The van der Waals surface area contributed by atoms with Crippen LogP contribution in [0.25, 0.3) is 0 Å². The van der Waals surface area contributed by atoms with Crippen LogP contribution < -0.4 is 5.32 Å². The Morgan fingerprint density at radius 3 is 3.00 bits per heavy atom. The molecule has 2 saturated heterocycles. The fraction of sp³-hybridized carbons (Fsp3) is 1.00. The molecule has 2 heteroatoms. The zero-order valence-electron chi connectivity index (χ0n) is 8.92. The average Bonchev–Trinajstić information content (AvgIpc) is 2.60. The third kappa shape index (κ3) is 2.05. The molecule has 0 aromatic heterocycles. The molecule has 0 unspecified atom stereocenters. The molecule has 0 aliphatic carbocycles. The molecule has 0 radical (unpaired) electrons. The van der Waals surface area contributed by atoms with Crippen LogP contribution >= 0.6 is 0 Å². The first-order valence-corrected chi connectivity index (χ1v) is 5.72. The lowest BCUT2D eigenvalue weighted by atomic mass is 10.0. The van der Waals surface area contributed by atoms with Gasteiger partial charge in [-0.2, -0.15) is 0 Å². The molecule has 2 atom stereocenters. The average molecular weight is 182 g/mol. The highest BCUT2D eigenvalue weighted by molar-refractivity contribution is 4.94. The molecular formula is C11H22N2. The van der Waals surface area contributed by atoms with Crippen molar-refractivity contribution in [1.82, 2.24) is 10.2 Å². The van der Waals surface area contributed by atoms with Crippen molar-refractivity contribution in [3.05, 3.63) is 0 Å². The maximum Gasteiger partial charge on any atom is 0.0261 e. The SMILES string of the molecule is CC(C)CCN1CC[C@@H]2CNC[C@@H]21. The van der Waals surface area contributed by atoms with E-state index in [1.807, 2.05) is 0 Å². The van der Waals surface area contributed by atoms with Crippen molar-refractivity contribution >= 4 is 0 Å². The van der Waals surface area contributed by atoms with Crippen LogP contribution in [0.2, 0.25) is 0 Å². The van der Waals surface area contributed by atoms with Crippen molar-refractivity contribution in [3.8, 4) is 0 Å². The van der Waals surface area contributed by atoms with Gasteiger partial charge in [0.15, 0.2) is 0 Å². The van der Waals surface area contributed by atoms with Gasteiger partial charge in [-0.15, -0.1) is 0 Å². The molecule has 2 aliphatic heterocycles. The highest BCUT2D eigenvalue weighted by atomic mass is 15.2. The summed E-state index contributed by atoms with van der Waals surface area (Å²) in [6, 6.07) is 0.874. The summed E-state index contributed by atoms with van der Waals surface area (Å²) in [7, 11) is 0. The number of rotatable bonds is 3. The van der Waals surface area contributed by atoms with Gasteiger partial charge in [-0.1, -0.05) is 13.8 Å². The molecule has 0 spiro atoms. The number of nitrogens with zero attached hydrogens (tertiary/aromatic N) is 1. The molecular weight excluding hydrogens is 160 g/mol. The van der Waals surface area contributed by atoms with E-state index in [-0.39, 0.29) is 0 Å². The van der Waals surface area contributed by atoms with Crippen molar-refractivity contribution < 1.29 is 0 Å². The van der Waals surface area contributed by atoms with Crippen LogP contribution in [0.1, 0.15) is 26.7 Å². The first-order chi connectivity index (χ1) is 6.27. The number of fused-ring (bicyclic) bond motifs is 1. The van der Waals surface area contributed by atoms with Gasteiger partial charge in [-0.3, -0.25) is 4.90 Å². The predicted octanol–water partition coefficient (Wildman–Crippen LogP) is 1.33. The molecule has 2 fully saturated rings. The smallest absolute Gasteiger partial charge is 0.0261 e. The van der Waals surface area contributed by atoms with Crippen LogP contribution in [-0.2, 0) is 0 Å². The molecule has 2 aliphatic rings. The minimum atomic E-state index is 0.855. The first kappa shape index (κ1) is 9.47. The lowest BCUT2D eigenvalue weighted by molar-refractivity contribution is 0.238. The molecule has 0 aromatic rings. The quantitative estimate of drug-likeness (QED) is 0.708. The van der Waals surface area contributed by atoms with Crippen LogP contribution in [0.5, 0.6) is 0 Å². The number of hydrogen-bond donors (Lipinski definition) is 1. The third-order valence-electron chi connectivity index (χ3n) is 3.55. The van der Waals surface area contributed by atoms with E-state index in [0.717, 1.165) is 17.9 Å². The molecule has 76 valence electrons. The molecule has 0 saturated carbocycles. The van der Waals surface area contributed by atoms with Crippen molar-refractivity contribution in [2.75, 3.05) is 26.2 Å². The van der Waals surface area contributed by atoms with Crippen LogP contribution in [0.15, 0.2) is 0 Å². The summed E-state index contributed by atoms with van der Waals surface area (Å²) in [5.74, 6) is 1.82. The zero-order chi connectivity index (χ0) is 9.26. The van der Waals surface area contributed by atoms with Gasteiger partial charge in [0.05, 0.1) is 0 Å². The van der Waals surface area contributed by atoms with Gasteiger partial charge in [-0.05, 0) is 44.3 Å². The minimum absolute atomic E-state index is 0.855. The van der Waals surface area contributed by atoms with Gasteiger partial charge >= 0.3 is 0 Å². The summed E-state index contributed by atoms with van der Waals surface area (Å²) in [6.45, 7) is 9.82. The maximum absolute atomic E-state index is 3.50. The monoisotopic (exact) mass is 182 g/mol. The second kappa shape index (κ2) is 3.97. The van der Waals surface area contributed by atoms with Gasteiger partial charge in [0.2, 0.25) is 0 Å². The van der Waals surface area contributed by atoms with Crippen molar-refractivity contribution in [2.45, 2.75) is 32.7 Å². The second-order valence-electron chi connectivity index (χ2n) is 4.99. The fourth-order valence-electron chi connectivity index (χ4n) is 2.64. The molecule has 1 N–H and O–H groups in total. The van der Waals surface area contributed by atoms with Crippen molar-refractivity contribution in [1.29, 1.82) is 0 Å². The molecule has 0 bridgehead atoms. The van der Waals surface area contributed by atoms with Crippen LogP contribution in [0.3, 0.4) is 0 Å². The molecule has 2 heterocycles. The second-order valence-corrected chi connectivity index (χ2v) is 4.99. The Morgan fingerprint density at radius 2 is 2.23 bits per heavy atom. The summed E-state index contributed by atoms with van der Waals surface area (Å²) in [5.41, 5.74) is 0. The number of likely N-dealkylation sites (tertiary alicyclic amines) is 1. The van der Waals surface area contributed by atoms with Crippen molar-refractivity contribution in [3.63, 3.8) is 0 Å². The van der Waals surface area contributed by atoms with Gasteiger partial charge in [-0.25, -0.2) is 0 Å². The lowest BCUT2D eigenvalue weighted by Gasteiger charge is -2.23. The van der Waals surface area contributed by atoms with Gasteiger partial charge in [0.25, 0.3) is 0 Å². The maximum atomic E-state index is 3.50. The molecule has 0 amide bonds. The van der Waals surface area contributed by atoms with E-state index in [1.54, 1.807) is 0 Å². The van der Waals surface area contributed by atoms with E-state index in [9.17, 15) is 0 Å². The van der Waals surface area contributed by atoms with Crippen LogP contribution in [-0.4, -0.2) is 37.1 Å². The summed E-state index contributed by atoms with van der Waals surface area (Å²) < 4.78 is 0. The standard InChI is InChI=1S/C11H22N2/c1-9(2)3-5-13-6-4-10-7-12-8-11(10)13/h9-12H,3-8H2,1-2H3/t10-,11+/m1/s1. The fourth-order valence-corrected chi connectivity index (χ4v) is 2.64. The largest absolute Gasteiger partial charge is 0.315 e. The van der Waals surface area contributed by atoms with Crippen LogP contribution in [0, 0.1) is 11.8 Å². The van der Waals surface area contributed by atoms with Gasteiger partial charge in [0.1, 0.15) is 0 Å². The molecule has 13 heavy (non-hydrogen) atoms. The van der Waals surface area contributed by atoms with Gasteiger partial charge < -0.3 is 5.32 Å². The van der Waals surface area contributed by atoms with Gasteiger partial charge in [0, 0.05) is 12.6 Å². The first-order valence-electron chi connectivity index (χ1n) is 5.72. The third-order valence-corrected chi connectivity index (χ3v) is 3.55. The highest BCUT2D eigenvalue weighted by Crippen LogP contribution is 2.27. The minimum Gasteiger partial charge on any atom is -0.315 e. The number of hydrogen-bond acceptors (Lipinski definition) is 2. The van der Waals surface area contributed by atoms with E-state index < -0.39 is 0 Å². The predicted molar refractivity (Wildman–Crippen MR) is 55.8 cm³/mol. The summed E-state index contributed by atoms with van der Waals surface area (Å²) in [5, 5.41) is 3.50. The molecule has 2 rings (SSSR count). The Labute approximate surface area is 81.7 Å². The van der Waals surface area contributed by atoms with E-state index in [1.165, 1.54) is 39.0 Å². The zero-order valence-corrected chi connectivity index (χ0v) is 8.92.